The van der Waals surface area contributed by atoms with Crippen LogP contribution in [0.5, 0.6) is 11.5 Å². The molecule has 0 fully saturated rings. The molecule has 3 nitrogen and oxygen atoms in total. The van der Waals surface area contributed by atoms with E-state index in [0.29, 0.717) is 6.61 Å². The predicted molar refractivity (Wildman–Crippen MR) is 105 cm³/mol. The summed E-state index contributed by atoms with van der Waals surface area (Å²) in [4.78, 5) is 0. The van der Waals surface area contributed by atoms with Gasteiger partial charge in [-0.2, -0.15) is 0 Å². The quantitative estimate of drug-likeness (QED) is 0.610. The van der Waals surface area contributed by atoms with Crippen LogP contribution < -0.4 is 14.8 Å². The highest BCUT2D eigenvalue weighted by Crippen LogP contribution is 2.34. The molecule has 0 atom stereocenters. The highest BCUT2D eigenvalue weighted by molar-refractivity contribution is 14.1. The van der Waals surface area contributed by atoms with E-state index in [2.05, 4.69) is 72.9 Å². The third kappa shape index (κ3) is 4.53. The van der Waals surface area contributed by atoms with E-state index in [-0.39, 0.29) is 0 Å². The van der Waals surface area contributed by atoms with Crippen LogP contribution in [0.4, 0.5) is 5.69 Å². The molecule has 0 radical (unpaired) electrons. The molecule has 0 aliphatic rings. The molecule has 0 saturated heterocycles. The SMILES string of the molecule is CCCOc1c(I)cc(CNc2cccc(C)c2C)cc1OC. The van der Waals surface area contributed by atoms with Crippen molar-refractivity contribution in [1.82, 2.24) is 0 Å². The zero-order chi connectivity index (χ0) is 16.8. The average molecular weight is 425 g/mol. The van der Waals surface area contributed by atoms with E-state index in [1.807, 2.05) is 6.07 Å². The van der Waals surface area contributed by atoms with Crippen LogP contribution in [0.1, 0.15) is 30.0 Å². The van der Waals surface area contributed by atoms with E-state index in [0.717, 1.165) is 28.0 Å². The Hall–Kier alpha value is -1.43. The van der Waals surface area contributed by atoms with E-state index in [1.165, 1.54) is 22.4 Å². The highest BCUT2D eigenvalue weighted by atomic mass is 127. The molecule has 1 N–H and O–H groups in total. The maximum Gasteiger partial charge on any atom is 0.174 e. The Bertz CT molecular complexity index is 671. The molecule has 2 rings (SSSR count). The van der Waals surface area contributed by atoms with Crippen LogP contribution in [-0.2, 0) is 6.54 Å². The van der Waals surface area contributed by atoms with Crippen molar-refractivity contribution in [3.63, 3.8) is 0 Å². The number of ether oxygens (including phenoxy) is 2. The summed E-state index contributed by atoms with van der Waals surface area (Å²) in [5.74, 6) is 1.63. The second-order valence-corrected chi connectivity index (χ2v) is 6.72. The second kappa shape index (κ2) is 8.43. The molecule has 0 aliphatic heterocycles. The molecule has 0 bridgehead atoms. The fourth-order valence-corrected chi connectivity index (χ4v) is 3.18. The van der Waals surface area contributed by atoms with Gasteiger partial charge in [0.25, 0.3) is 0 Å². The molecular weight excluding hydrogens is 401 g/mol. The first kappa shape index (κ1) is 17.9. The van der Waals surface area contributed by atoms with Gasteiger partial charge in [-0.05, 0) is 77.7 Å². The monoisotopic (exact) mass is 425 g/mol. The zero-order valence-electron chi connectivity index (χ0n) is 14.2. The predicted octanol–water partition coefficient (Wildman–Crippen LogP) is 5.32. The topological polar surface area (TPSA) is 30.5 Å². The summed E-state index contributed by atoms with van der Waals surface area (Å²) >= 11 is 2.31. The Morgan fingerprint density at radius 1 is 1.17 bits per heavy atom. The first-order valence-electron chi connectivity index (χ1n) is 7.86. The van der Waals surface area contributed by atoms with Crippen molar-refractivity contribution >= 4 is 28.3 Å². The minimum atomic E-state index is 0.701. The van der Waals surface area contributed by atoms with Gasteiger partial charge in [0.2, 0.25) is 0 Å². The Kier molecular flexibility index (Phi) is 6.57. The van der Waals surface area contributed by atoms with Gasteiger partial charge in [0.15, 0.2) is 11.5 Å². The zero-order valence-corrected chi connectivity index (χ0v) is 16.4. The minimum absolute atomic E-state index is 0.701. The Labute approximate surface area is 152 Å². The Morgan fingerprint density at radius 2 is 1.96 bits per heavy atom. The van der Waals surface area contributed by atoms with Crippen LogP contribution in [0.15, 0.2) is 30.3 Å². The van der Waals surface area contributed by atoms with Gasteiger partial charge < -0.3 is 14.8 Å². The molecule has 23 heavy (non-hydrogen) atoms. The smallest absolute Gasteiger partial charge is 0.174 e. The summed E-state index contributed by atoms with van der Waals surface area (Å²) in [6.07, 6.45) is 0.981. The van der Waals surface area contributed by atoms with Gasteiger partial charge in [-0.1, -0.05) is 19.1 Å². The van der Waals surface area contributed by atoms with Crippen molar-refractivity contribution in [2.24, 2.45) is 0 Å². The van der Waals surface area contributed by atoms with E-state index in [1.54, 1.807) is 7.11 Å². The number of rotatable bonds is 7. The number of hydrogen-bond donors (Lipinski definition) is 1. The van der Waals surface area contributed by atoms with Crippen LogP contribution in [0.3, 0.4) is 0 Å². The minimum Gasteiger partial charge on any atom is -0.493 e. The van der Waals surface area contributed by atoms with Gasteiger partial charge in [-0.15, -0.1) is 0 Å². The molecule has 2 aromatic carbocycles. The van der Waals surface area contributed by atoms with E-state index in [4.69, 9.17) is 9.47 Å². The first-order valence-corrected chi connectivity index (χ1v) is 8.94. The lowest BCUT2D eigenvalue weighted by atomic mass is 10.1. The standard InChI is InChI=1S/C19H24INO2/c1-5-9-23-19-16(20)10-15(11-18(19)22-4)12-21-17-8-6-7-13(2)14(17)3/h6-8,10-11,21H,5,9,12H2,1-4H3. The largest absolute Gasteiger partial charge is 0.493 e. The van der Waals surface area contributed by atoms with Crippen LogP contribution in [0.25, 0.3) is 0 Å². The summed E-state index contributed by atoms with van der Waals surface area (Å²) in [6, 6.07) is 10.5. The molecule has 0 saturated carbocycles. The van der Waals surface area contributed by atoms with Crippen LogP contribution >= 0.6 is 22.6 Å². The summed E-state index contributed by atoms with van der Waals surface area (Å²) < 4.78 is 12.4. The number of halogens is 1. The molecule has 0 heterocycles. The molecule has 0 aliphatic carbocycles. The van der Waals surface area contributed by atoms with Crippen molar-refractivity contribution in [2.45, 2.75) is 33.7 Å². The van der Waals surface area contributed by atoms with Gasteiger partial charge in [0.05, 0.1) is 17.3 Å². The summed E-state index contributed by atoms with van der Waals surface area (Å²) in [6.45, 7) is 7.83. The van der Waals surface area contributed by atoms with Gasteiger partial charge in [0, 0.05) is 12.2 Å². The van der Waals surface area contributed by atoms with Crippen LogP contribution in [0, 0.1) is 17.4 Å². The van der Waals surface area contributed by atoms with Gasteiger partial charge >= 0.3 is 0 Å². The number of nitrogens with one attached hydrogen (secondary N) is 1. The van der Waals surface area contributed by atoms with E-state index >= 15 is 0 Å². The number of methoxy groups -OCH3 is 1. The Balaban J connectivity index is 2.17. The van der Waals surface area contributed by atoms with Crippen molar-refractivity contribution in [2.75, 3.05) is 19.0 Å². The number of hydrogen-bond acceptors (Lipinski definition) is 3. The molecule has 124 valence electrons. The van der Waals surface area contributed by atoms with Gasteiger partial charge in [-0.3, -0.25) is 0 Å². The maximum absolute atomic E-state index is 5.81. The molecule has 2 aromatic rings. The van der Waals surface area contributed by atoms with E-state index in [9.17, 15) is 0 Å². The fourth-order valence-electron chi connectivity index (χ4n) is 2.36. The summed E-state index contributed by atoms with van der Waals surface area (Å²) in [5, 5.41) is 3.51. The number of aryl methyl sites for hydroxylation is 1. The molecule has 0 amide bonds. The first-order chi connectivity index (χ1) is 11.1. The van der Waals surface area contributed by atoms with Crippen molar-refractivity contribution in [3.8, 4) is 11.5 Å². The maximum atomic E-state index is 5.81. The normalized spacial score (nSPS) is 10.5. The van der Waals surface area contributed by atoms with Crippen molar-refractivity contribution in [1.29, 1.82) is 0 Å². The lowest BCUT2D eigenvalue weighted by Gasteiger charge is -2.15. The lowest BCUT2D eigenvalue weighted by Crippen LogP contribution is -2.05. The fraction of sp³-hybridized carbons (Fsp3) is 0.368. The van der Waals surface area contributed by atoms with Crippen LogP contribution in [0.2, 0.25) is 0 Å². The molecular formula is C19H24INO2. The second-order valence-electron chi connectivity index (χ2n) is 5.56. The third-order valence-electron chi connectivity index (χ3n) is 3.83. The molecule has 0 spiro atoms. The molecule has 4 heteroatoms. The van der Waals surface area contributed by atoms with Crippen molar-refractivity contribution < 1.29 is 9.47 Å². The lowest BCUT2D eigenvalue weighted by molar-refractivity contribution is 0.292. The Morgan fingerprint density at radius 3 is 2.65 bits per heavy atom. The van der Waals surface area contributed by atoms with E-state index < -0.39 is 0 Å². The highest BCUT2D eigenvalue weighted by Gasteiger charge is 2.11. The third-order valence-corrected chi connectivity index (χ3v) is 4.63. The molecule has 0 unspecified atom stereocenters. The van der Waals surface area contributed by atoms with Crippen LogP contribution in [-0.4, -0.2) is 13.7 Å². The average Bonchev–Trinajstić information content (AvgIpc) is 2.54. The van der Waals surface area contributed by atoms with Gasteiger partial charge in [0.1, 0.15) is 0 Å². The summed E-state index contributed by atoms with van der Waals surface area (Å²) in [5.41, 5.74) is 4.93. The van der Waals surface area contributed by atoms with Crippen molar-refractivity contribution in [3.05, 3.63) is 50.6 Å². The molecule has 0 aromatic heterocycles. The number of anilines is 1. The summed E-state index contributed by atoms with van der Waals surface area (Å²) in [7, 11) is 1.69. The van der Waals surface area contributed by atoms with Gasteiger partial charge in [-0.25, -0.2) is 0 Å². The number of benzene rings is 2.